The van der Waals surface area contributed by atoms with Gasteiger partial charge in [-0.2, -0.15) is 0 Å². The molecular formula is C12H21BrN4. The molecule has 5 heteroatoms. The Hall–Kier alpha value is -0.390. The summed E-state index contributed by atoms with van der Waals surface area (Å²) < 4.78 is 3.11. The molecule has 0 radical (unpaired) electrons. The average molecular weight is 301 g/mol. The van der Waals surface area contributed by atoms with Gasteiger partial charge in [0, 0.05) is 45.0 Å². The van der Waals surface area contributed by atoms with Crippen molar-refractivity contribution in [1.29, 1.82) is 0 Å². The molecule has 96 valence electrons. The Labute approximate surface area is 112 Å². The van der Waals surface area contributed by atoms with Crippen LogP contribution in [-0.4, -0.2) is 52.6 Å². The maximum atomic E-state index is 4.57. The maximum absolute atomic E-state index is 4.57. The van der Waals surface area contributed by atoms with E-state index >= 15 is 0 Å². The molecule has 0 unspecified atom stereocenters. The van der Waals surface area contributed by atoms with Crippen LogP contribution in [0.3, 0.4) is 0 Å². The smallest absolute Gasteiger partial charge is 0.177 e. The number of aromatic nitrogens is 2. The first-order valence-corrected chi connectivity index (χ1v) is 6.99. The van der Waals surface area contributed by atoms with Crippen LogP contribution < -0.4 is 0 Å². The molecule has 1 aliphatic rings. The molecule has 1 saturated heterocycles. The lowest BCUT2D eigenvalue weighted by Gasteiger charge is -2.31. The third kappa shape index (κ3) is 3.30. The molecular weight excluding hydrogens is 280 g/mol. The predicted octanol–water partition coefficient (Wildman–Crippen LogP) is 1.97. The van der Waals surface area contributed by atoms with Crippen molar-refractivity contribution in [3.8, 4) is 0 Å². The van der Waals surface area contributed by atoms with Gasteiger partial charge >= 0.3 is 0 Å². The van der Waals surface area contributed by atoms with E-state index in [2.05, 4.69) is 62.4 Å². The minimum absolute atomic E-state index is 0.457. The normalized spacial score (nSPS) is 19.1. The number of hydrogen-bond donors (Lipinski definition) is 0. The lowest BCUT2D eigenvalue weighted by molar-refractivity contribution is 0.147. The van der Waals surface area contributed by atoms with E-state index in [1.165, 1.54) is 0 Å². The largest absolute Gasteiger partial charge is 0.323 e. The van der Waals surface area contributed by atoms with Gasteiger partial charge in [-0.3, -0.25) is 4.90 Å². The SMILES string of the molecule is CC(C)n1cc(CN2CCN(C)CC2)nc1Br. The molecule has 0 saturated carbocycles. The number of rotatable bonds is 3. The standard InChI is InChI=1S/C12H21BrN4/c1-10(2)17-9-11(14-12(17)13)8-16-6-4-15(3)5-7-16/h9-10H,4-8H2,1-3H3. The Balaban J connectivity index is 1.97. The number of hydrogen-bond acceptors (Lipinski definition) is 3. The van der Waals surface area contributed by atoms with Crippen molar-refractivity contribution in [1.82, 2.24) is 19.4 Å². The third-order valence-corrected chi connectivity index (χ3v) is 3.86. The van der Waals surface area contributed by atoms with Crippen molar-refractivity contribution in [2.75, 3.05) is 33.2 Å². The van der Waals surface area contributed by atoms with Gasteiger partial charge in [-0.1, -0.05) is 0 Å². The average Bonchev–Trinajstić information content (AvgIpc) is 2.63. The first kappa shape index (κ1) is 13.1. The van der Waals surface area contributed by atoms with Crippen LogP contribution in [0.2, 0.25) is 0 Å². The summed E-state index contributed by atoms with van der Waals surface area (Å²) in [5, 5.41) is 0. The number of imidazole rings is 1. The Morgan fingerprint density at radius 3 is 2.47 bits per heavy atom. The highest BCUT2D eigenvalue weighted by atomic mass is 79.9. The van der Waals surface area contributed by atoms with Gasteiger partial charge in [-0.25, -0.2) is 4.98 Å². The van der Waals surface area contributed by atoms with Gasteiger partial charge in [0.15, 0.2) is 4.73 Å². The first-order valence-electron chi connectivity index (χ1n) is 6.20. The number of likely N-dealkylation sites (N-methyl/N-ethyl adjacent to an activating group) is 1. The molecule has 1 aromatic heterocycles. The van der Waals surface area contributed by atoms with Gasteiger partial charge in [0.2, 0.25) is 0 Å². The Bertz CT molecular complexity index is 367. The van der Waals surface area contributed by atoms with E-state index in [1.807, 2.05) is 0 Å². The second-order valence-electron chi connectivity index (χ2n) is 5.08. The van der Waals surface area contributed by atoms with Crippen molar-refractivity contribution in [3.63, 3.8) is 0 Å². The van der Waals surface area contributed by atoms with Gasteiger partial charge in [-0.05, 0) is 36.8 Å². The quantitative estimate of drug-likeness (QED) is 0.853. The Kier molecular flexibility index (Phi) is 4.22. The summed E-state index contributed by atoms with van der Waals surface area (Å²) in [6.07, 6.45) is 2.16. The molecule has 0 bridgehead atoms. The van der Waals surface area contributed by atoms with E-state index in [0.717, 1.165) is 43.2 Å². The van der Waals surface area contributed by atoms with E-state index in [9.17, 15) is 0 Å². The molecule has 0 N–H and O–H groups in total. The molecule has 0 amide bonds. The van der Waals surface area contributed by atoms with Crippen LogP contribution in [0.1, 0.15) is 25.6 Å². The first-order chi connectivity index (χ1) is 8.06. The highest BCUT2D eigenvalue weighted by Crippen LogP contribution is 2.17. The fraction of sp³-hybridized carbons (Fsp3) is 0.750. The molecule has 0 aromatic carbocycles. The second kappa shape index (κ2) is 5.50. The molecule has 0 atom stereocenters. The number of nitrogens with zero attached hydrogens (tertiary/aromatic N) is 4. The van der Waals surface area contributed by atoms with Crippen LogP contribution in [0.5, 0.6) is 0 Å². The molecule has 1 aliphatic heterocycles. The third-order valence-electron chi connectivity index (χ3n) is 3.27. The molecule has 0 aliphatic carbocycles. The molecule has 1 fully saturated rings. The van der Waals surface area contributed by atoms with Crippen molar-refractivity contribution in [2.24, 2.45) is 0 Å². The number of halogens is 1. The predicted molar refractivity (Wildman–Crippen MR) is 73.1 cm³/mol. The zero-order valence-corrected chi connectivity index (χ0v) is 12.4. The molecule has 1 aromatic rings. The number of piperazine rings is 1. The summed E-state index contributed by atoms with van der Waals surface area (Å²) in [5.74, 6) is 0. The fourth-order valence-electron chi connectivity index (χ4n) is 2.09. The zero-order chi connectivity index (χ0) is 12.4. The minimum Gasteiger partial charge on any atom is -0.323 e. The highest BCUT2D eigenvalue weighted by Gasteiger charge is 2.16. The summed E-state index contributed by atoms with van der Waals surface area (Å²) in [6, 6.07) is 0.457. The fourth-order valence-corrected chi connectivity index (χ4v) is 2.83. The molecule has 0 spiro atoms. The van der Waals surface area contributed by atoms with Crippen LogP contribution in [0.4, 0.5) is 0 Å². The monoisotopic (exact) mass is 300 g/mol. The lowest BCUT2D eigenvalue weighted by Crippen LogP contribution is -2.43. The van der Waals surface area contributed by atoms with Gasteiger partial charge < -0.3 is 9.47 Å². The van der Waals surface area contributed by atoms with Gasteiger partial charge in [0.1, 0.15) is 0 Å². The Morgan fingerprint density at radius 1 is 1.29 bits per heavy atom. The van der Waals surface area contributed by atoms with Crippen LogP contribution in [0, 0.1) is 0 Å². The van der Waals surface area contributed by atoms with Crippen molar-refractivity contribution >= 4 is 15.9 Å². The van der Waals surface area contributed by atoms with Crippen LogP contribution >= 0.6 is 15.9 Å². The zero-order valence-electron chi connectivity index (χ0n) is 10.9. The summed E-state index contributed by atoms with van der Waals surface area (Å²) in [5.41, 5.74) is 1.16. The van der Waals surface area contributed by atoms with Crippen molar-refractivity contribution in [3.05, 3.63) is 16.6 Å². The van der Waals surface area contributed by atoms with E-state index in [1.54, 1.807) is 0 Å². The summed E-state index contributed by atoms with van der Waals surface area (Å²) in [6.45, 7) is 9.91. The van der Waals surface area contributed by atoms with Crippen molar-refractivity contribution in [2.45, 2.75) is 26.4 Å². The van der Waals surface area contributed by atoms with Gasteiger partial charge in [-0.15, -0.1) is 0 Å². The molecule has 2 heterocycles. The maximum Gasteiger partial charge on any atom is 0.177 e. The minimum atomic E-state index is 0.457. The molecule has 2 rings (SSSR count). The molecule has 4 nitrogen and oxygen atoms in total. The summed E-state index contributed by atoms with van der Waals surface area (Å²) in [7, 11) is 2.18. The van der Waals surface area contributed by atoms with E-state index in [4.69, 9.17) is 0 Å². The van der Waals surface area contributed by atoms with Gasteiger partial charge in [0.05, 0.1) is 5.69 Å². The topological polar surface area (TPSA) is 24.3 Å². The lowest BCUT2D eigenvalue weighted by atomic mass is 10.3. The van der Waals surface area contributed by atoms with E-state index in [0.29, 0.717) is 6.04 Å². The Morgan fingerprint density at radius 2 is 1.94 bits per heavy atom. The van der Waals surface area contributed by atoms with E-state index in [-0.39, 0.29) is 0 Å². The summed E-state index contributed by atoms with van der Waals surface area (Å²) in [4.78, 5) is 9.42. The van der Waals surface area contributed by atoms with Gasteiger partial charge in [0.25, 0.3) is 0 Å². The summed E-state index contributed by atoms with van der Waals surface area (Å²) >= 11 is 3.52. The van der Waals surface area contributed by atoms with Crippen LogP contribution in [-0.2, 0) is 6.54 Å². The molecule has 17 heavy (non-hydrogen) atoms. The van der Waals surface area contributed by atoms with Crippen LogP contribution in [0.15, 0.2) is 10.9 Å². The highest BCUT2D eigenvalue weighted by molar-refractivity contribution is 9.10. The van der Waals surface area contributed by atoms with E-state index < -0.39 is 0 Å². The second-order valence-corrected chi connectivity index (χ2v) is 5.79. The van der Waals surface area contributed by atoms with Crippen molar-refractivity contribution < 1.29 is 0 Å². The van der Waals surface area contributed by atoms with Crippen LogP contribution in [0.25, 0.3) is 0 Å².